The van der Waals surface area contributed by atoms with Gasteiger partial charge < -0.3 is 4.90 Å². The lowest BCUT2D eigenvalue weighted by Gasteiger charge is -2.33. The molecule has 9 heavy (non-hydrogen) atoms. The lowest BCUT2D eigenvalue weighted by atomic mass is 9.80. The summed E-state index contributed by atoms with van der Waals surface area (Å²) < 4.78 is 0. The minimum Gasteiger partial charge on any atom is -0.303 e. The number of likely N-dealkylation sites (tertiary alicyclic amines) is 1. The van der Waals surface area contributed by atoms with E-state index < -0.39 is 0 Å². The van der Waals surface area contributed by atoms with Gasteiger partial charge in [0.05, 0.1) is 0 Å². The van der Waals surface area contributed by atoms with E-state index in [1.165, 1.54) is 25.3 Å². The first kappa shape index (κ1) is 4.73. The predicted octanol–water partition coefficient (Wildman–Crippen LogP) is 1.10. The molecule has 1 saturated heterocycles. The average Bonchev–Trinajstić information content (AvgIpc) is 2.21. The Morgan fingerprint density at radius 1 is 1.56 bits per heavy atom. The van der Waals surface area contributed by atoms with Crippen LogP contribution in [0.3, 0.4) is 0 Å². The van der Waals surface area contributed by atoms with Gasteiger partial charge in [0.1, 0.15) is 0 Å². The first-order valence-electron chi connectivity index (χ1n) is 4.03. The third-order valence-corrected chi connectivity index (χ3v) is 3.91. The molecule has 0 bridgehead atoms. The average molecular weight is 123 g/mol. The van der Waals surface area contributed by atoms with E-state index in [0.29, 0.717) is 0 Å². The van der Waals surface area contributed by atoms with E-state index in [1.807, 2.05) is 0 Å². The highest BCUT2D eigenvalue weighted by Gasteiger charge is 2.70. The third kappa shape index (κ3) is 0.337. The summed E-state index contributed by atoms with van der Waals surface area (Å²) in [5.41, 5.74) is 0.898. The van der Waals surface area contributed by atoms with Crippen LogP contribution in [-0.4, -0.2) is 24.5 Å². The maximum absolute atomic E-state index is 2.56. The lowest BCUT2D eigenvalue weighted by molar-refractivity contribution is 0.158. The van der Waals surface area contributed by atoms with E-state index >= 15 is 0 Å². The van der Waals surface area contributed by atoms with Crippen LogP contribution in [0, 0.1) is 11.3 Å². The molecule has 3 aliphatic rings. The van der Waals surface area contributed by atoms with Gasteiger partial charge in [-0.3, -0.25) is 0 Å². The summed E-state index contributed by atoms with van der Waals surface area (Å²) in [5.74, 6) is 1.17. The van der Waals surface area contributed by atoms with Crippen molar-refractivity contribution in [1.29, 1.82) is 0 Å². The molecule has 3 fully saturated rings. The molecular weight excluding hydrogens is 110 g/mol. The van der Waals surface area contributed by atoms with Crippen molar-refractivity contribution in [1.82, 2.24) is 4.90 Å². The molecule has 1 heteroatoms. The van der Waals surface area contributed by atoms with Crippen LogP contribution in [0.4, 0.5) is 0 Å². The van der Waals surface area contributed by atoms with Crippen LogP contribution in [0.2, 0.25) is 0 Å². The van der Waals surface area contributed by atoms with Gasteiger partial charge in [0.25, 0.3) is 0 Å². The largest absolute Gasteiger partial charge is 0.303 e. The topological polar surface area (TPSA) is 3.24 Å². The van der Waals surface area contributed by atoms with Crippen molar-refractivity contribution in [2.75, 3.05) is 13.6 Å². The molecule has 0 radical (unpaired) electrons. The Bertz CT molecular complexity index is 166. The van der Waals surface area contributed by atoms with Crippen molar-refractivity contribution < 1.29 is 0 Å². The smallest absolute Gasteiger partial charge is 0.0155 e. The predicted molar refractivity (Wildman–Crippen MR) is 36.2 cm³/mol. The third-order valence-electron chi connectivity index (χ3n) is 3.91. The highest BCUT2D eigenvalue weighted by atomic mass is 15.2. The molecule has 0 amide bonds. The molecule has 0 aromatic carbocycles. The van der Waals surface area contributed by atoms with Crippen LogP contribution < -0.4 is 0 Å². The van der Waals surface area contributed by atoms with Gasteiger partial charge in [-0.05, 0) is 44.2 Å². The van der Waals surface area contributed by atoms with Crippen molar-refractivity contribution in [3.05, 3.63) is 0 Å². The van der Waals surface area contributed by atoms with Crippen LogP contribution in [-0.2, 0) is 0 Å². The van der Waals surface area contributed by atoms with Gasteiger partial charge in [-0.25, -0.2) is 0 Å². The van der Waals surface area contributed by atoms with Crippen LogP contribution in [0.15, 0.2) is 0 Å². The van der Waals surface area contributed by atoms with Crippen LogP contribution >= 0.6 is 0 Å². The fraction of sp³-hybridized carbons (Fsp3) is 1.00. The molecule has 0 aromatic rings. The molecule has 3 atom stereocenters. The fourth-order valence-corrected chi connectivity index (χ4v) is 3.10. The molecule has 1 nitrogen and oxygen atoms in total. The van der Waals surface area contributed by atoms with Gasteiger partial charge in [0, 0.05) is 6.04 Å². The van der Waals surface area contributed by atoms with Gasteiger partial charge in [-0.1, -0.05) is 0 Å². The van der Waals surface area contributed by atoms with Gasteiger partial charge >= 0.3 is 0 Å². The zero-order valence-corrected chi connectivity index (χ0v) is 5.93. The molecule has 50 valence electrons. The van der Waals surface area contributed by atoms with E-state index in [1.54, 1.807) is 6.42 Å². The molecule has 0 aromatic heterocycles. The summed E-state index contributed by atoms with van der Waals surface area (Å²) in [5, 5.41) is 0. The first-order chi connectivity index (χ1) is 4.33. The van der Waals surface area contributed by atoms with Gasteiger partial charge in [-0.2, -0.15) is 0 Å². The zero-order chi connectivity index (χ0) is 6.06. The molecule has 1 aliphatic heterocycles. The lowest BCUT2D eigenvalue weighted by Crippen LogP contribution is -2.38. The van der Waals surface area contributed by atoms with Gasteiger partial charge in [0.2, 0.25) is 0 Å². The molecule has 1 spiro atoms. The molecule has 2 aliphatic carbocycles. The molecular formula is C8H13N. The number of hydrogen-bond donors (Lipinski definition) is 0. The summed E-state index contributed by atoms with van der Waals surface area (Å²) >= 11 is 0. The van der Waals surface area contributed by atoms with Crippen LogP contribution in [0.1, 0.15) is 19.3 Å². The Kier molecular flexibility index (Phi) is 0.563. The second-order valence-corrected chi connectivity index (χ2v) is 4.12. The van der Waals surface area contributed by atoms with Crippen molar-refractivity contribution >= 4 is 0 Å². The van der Waals surface area contributed by atoms with E-state index in [4.69, 9.17) is 0 Å². The number of rotatable bonds is 0. The van der Waals surface area contributed by atoms with E-state index in [2.05, 4.69) is 11.9 Å². The van der Waals surface area contributed by atoms with E-state index in [-0.39, 0.29) is 0 Å². The molecule has 2 saturated carbocycles. The maximum Gasteiger partial charge on any atom is 0.0155 e. The first-order valence-corrected chi connectivity index (χ1v) is 4.03. The molecule has 0 N–H and O–H groups in total. The zero-order valence-electron chi connectivity index (χ0n) is 5.93. The SMILES string of the molecule is CN1CCC23CC2CC13. The molecule has 3 unspecified atom stereocenters. The van der Waals surface area contributed by atoms with E-state index in [0.717, 1.165) is 11.5 Å². The standard InChI is InChI=1S/C8H13N/c1-9-3-2-8-5-6(8)4-7(8)9/h6-7H,2-5H2,1H3. The second kappa shape index (κ2) is 1.07. The Hall–Kier alpha value is -0.0400. The highest BCUT2D eigenvalue weighted by molar-refractivity contribution is 5.22. The number of nitrogens with zero attached hydrogens (tertiary/aromatic N) is 1. The van der Waals surface area contributed by atoms with Crippen LogP contribution in [0.5, 0.6) is 0 Å². The van der Waals surface area contributed by atoms with Gasteiger partial charge in [0.15, 0.2) is 0 Å². The van der Waals surface area contributed by atoms with Crippen molar-refractivity contribution in [3.8, 4) is 0 Å². The quantitative estimate of drug-likeness (QED) is 0.466. The Balaban J connectivity index is 1.96. The second-order valence-electron chi connectivity index (χ2n) is 4.12. The summed E-state index contributed by atoms with van der Waals surface area (Å²) in [6.45, 7) is 1.38. The van der Waals surface area contributed by atoms with Crippen molar-refractivity contribution in [2.24, 2.45) is 11.3 Å². The molecule has 1 heterocycles. The van der Waals surface area contributed by atoms with Crippen LogP contribution in [0.25, 0.3) is 0 Å². The maximum atomic E-state index is 2.56. The monoisotopic (exact) mass is 123 g/mol. The fourth-order valence-electron chi connectivity index (χ4n) is 3.10. The Labute approximate surface area is 56.0 Å². The minimum atomic E-state index is 0.898. The van der Waals surface area contributed by atoms with Gasteiger partial charge in [-0.15, -0.1) is 0 Å². The number of hydrogen-bond acceptors (Lipinski definition) is 1. The van der Waals surface area contributed by atoms with Crippen molar-refractivity contribution in [3.63, 3.8) is 0 Å². The normalized spacial score (nSPS) is 62.3. The van der Waals surface area contributed by atoms with Crippen molar-refractivity contribution in [2.45, 2.75) is 25.3 Å². The Morgan fingerprint density at radius 3 is 2.89 bits per heavy atom. The van der Waals surface area contributed by atoms with E-state index in [9.17, 15) is 0 Å². The molecule has 3 rings (SSSR count). The highest BCUT2D eigenvalue weighted by Crippen LogP contribution is 2.73. The summed E-state index contributed by atoms with van der Waals surface area (Å²) in [7, 11) is 2.29. The summed E-state index contributed by atoms with van der Waals surface area (Å²) in [4.78, 5) is 2.56. The Morgan fingerprint density at radius 2 is 2.44 bits per heavy atom. The summed E-state index contributed by atoms with van der Waals surface area (Å²) in [6, 6.07) is 1.02. The minimum absolute atomic E-state index is 0.898. The summed E-state index contributed by atoms with van der Waals surface area (Å²) in [6.07, 6.45) is 4.61.